The average Bonchev–Trinajstić information content (AvgIpc) is 1.97. The summed E-state index contributed by atoms with van der Waals surface area (Å²) in [5.41, 5.74) is 1.20. The lowest BCUT2D eigenvalue weighted by Crippen LogP contribution is -1.93. The Hall–Kier alpha value is -0.300. The summed E-state index contributed by atoms with van der Waals surface area (Å²) in [6, 6.07) is 0. The summed E-state index contributed by atoms with van der Waals surface area (Å²) < 4.78 is 0. The van der Waals surface area contributed by atoms with Crippen molar-refractivity contribution < 1.29 is 5.11 Å². The molecule has 0 radical (unpaired) electrons. The van der Waals surface area contributed by atoms with Crippen LogP contribution in [0.1, 0.15) is 40.0 Å². The molecule has 1 heteroatoms. The van der Waals surface area contributed by atoms with Crippen molar-refractivity contribution in [2.45, 2.75) is 40.0 Å². The van der Waals surface area contributed by atoms with Crippen molar-refractivity contribution in [3.05, 3.63) is 11.6 Å². The highest BCUT2D eigenvalue weighted by Gasteiger charge is 1.95. The van der Waals surface area contributed by atoms with E-state index in [0.29, 0.717) is 5.92 Å². The van der Waals surface area contributed by atoms with Crippen LogP contribution in [0.15, 0.2) is 11.6 Å². The van der Waals surface area contributed by atoms with Crippen molar-refractivity contribution in [3.8, 4) is 0 Å². The minimum atomic E-state index is 0.234. The maximum Gasteiger partial charge on any atom is 0.0641 e. The summed E-state index contributed by atoms with van der Waals surface area (Å²) in [4.78, 5) is 0. The van der Waals surface area contributed by atoms with Gasteiger partial charge < -0.3 is 5.11 Å². The van der Waals surface area contributed by atoms with E-state index < -0.39 is 0 Å². The summed E-state index contributed by atoms with van der Waals surface area (Å²) in [6.07, 6.45) is 5.62. The number of unbranched alkanes of at least 4 members (excludes halogenated alkanes) is 1. The zero-order chi connectivity index (χ0) is 8.69. The number of allylic oxidation sites excluding steroid dienone is 1. The highest BCUT2D eigenvalue weighted by molar-refractivity contribution is 5.03. The molecule has 0 aromatic rings. The van der Waals surface area contributed by atoms with Gasteiger partial charge in [-0.2, -0.15) is 0 Å². The second kappa shape index (κ2) is 6.41. The fraction of sp³-hybridized carbons (Fsp3) is 0.800. The molecule has 0 aliphatic carbocycles. The molecule has 0 heterocycles. The predicted octanol–water partition coefficient (Wildman–Crippen LogP) is 2.75. The standard InChI is InChI=1S/C10H20O/c1-4-5-6-10(8-11)7-9(2)3/h7,9,11H,4-6,8H2,1-3H3/b10-7-. The van der Waals surface area contributed by atoms with Crippen LogP contribution in [0.2, 0.25) is 0 Å². The van der Waals surface area contributed by atoms with E-state index in [1.165, 1.54) is 18.4 Å². The van der Waals surface area contributed by atoms with Gasteiger partial charge in [-0.3, -0.25) is 0 Å². The largest absolute Gasteiger partial charge is 0.392 e. The van der Waals surface area contributed by atoms with Crippen LogP contribution in [0, 0.1) is 5.92 Å². The SMILES string of the molecule is CCCC/C(=C/C(C)C)CO. The zero-order valence-corrected chi connectivity index (χ0v) is 7.93. The average molecular weight is 156 g/mol. The Morgan fingerprint density at radius 3 is 2.45 bits per heavy atom. The van der Waals surface area contributed by atoms with Crippen molar-refractivity contribution >= 4 is 0 Å². The molecule has 0 saturated carbocycles. The summed E-state index contributed by atoms with van der Waals surface area (Å²) in [7, 11) is 0. The Labute approximate surface area is 70.1 Å². The number of hydrogen-bond donors (Lipinski definition) is 1. The molecule has 0 aromatic heterocycles. The van der Waals surface area contributed by atoms with Crippen LogP contribution in [0.3, 0.4) is 0 Å². The number of rotatable bonds is 5. The lowest BCUT2D eigenvalue weighted by molar-refractivity contribution is 0.324. The fourth-order valence-corrected chi connectivity index (χ4v) is 1.09. The Kier molecular flexibility index (Phi) is 6.24. The number of aliphatic hydroxyl groups excluding tert-OH is 1. The summed E-state index contributed by atoms with van der Waals surface area (Å²) in [6.45, 7) is 6.69. The molecule has 0 aromatic carbocycles. The smallest absolute Gasteiger partial charge is 0.0641 e. The van der Waals surface area contributed by atoms with Gasteiger partial charge in [0.15, 0.2) is 0 Å². The van der Waals surface area contributed by atoms with Gasteiger partial charge in [0.05, 0.1) is 6.61 Å². The van der Waals surface area contributed by atoms with Gasteiger partial charge in [0, 0.05) is 0 Å². The van der Waals surface area contributed by atoms with Crippen LogP contribution in [-0.4, -0.2) is 11.7 Å². The molecule has 0 spiro atoms. The number of hydrogen-bond acceptors (Lipinski definition) is 1. The van der Waals surface area contributed by atoms with Crippen LogP contribution in [0.4, 0.5) is 0 Å². The molecule has 1 nitrogen and oxygen atoms in total. The molecule has 0 rings (SSSR count). The molecule has 0 unspecified atom stereocenters. The monoisotopic (exact) mass is 156 g/mol. The lowest BCUT2D eigenvalue weighted by Gasteiger charge is -2.04. The Bertz CT molecular complexity index is 114. The molecule has 0 saturated heterocycles. The Balaban J connectivity index is 3.74. The van der Waals surface area contributed by atoms with Crippen molar-refractivity contribution in [2.75, 3.05) is 6.61 Å². The molecular weight excluding hydrogens is 136 g/mol. The van der Waals surface area contributed by atoms with E-state index in [-0.39, 0.29) is 6.61 Å². The molecule has 0 bridgehead atoms. The van der Waals surface area contributed by atoms with Crippen LogP contribution in [-0.2, 0) is 0 Å². The Morgan fingerprint density at radius 1 is 1.45 bits per heavy atom. The third-order valence-electron chi connectivity index (χ3n) is 1.62. The van der Waals surface area contributed by atoms with Crippen molar-refractivity contribution in [1.82, 2.24) is 0 Å². The third kappa shape index (κ3) is 6.11. The van der Waals surface area contributed by atoms with E-state index in [2.05, 4.69) is 26.8 Å². The highest BCUT2D eigenvalue weighted by atomic mass is 16.3. The lowest BCUT2D eigenvalue weighted by atomic mass is 10.1. The fourth-order valence-electron chi connectivity index (χ4n) is 1.09. The van der Waals surface area contributed by atoms with Crippen LogP contribution < -0.4 is 0 Å². The molecule has 66 valence electrons. The van der Waals surface area contributed by atoms with Gasteiger partial charge in [0.2, 0.25) is 0 Å². The molecular formula is C10H20O. The molecule has 1 N–H and O–H groups in total. The maximum absolute atomic E-state index is 8.93. The van der Waals surface area contributed by atoms with Crippen LogP contribution in [0.5, 0.6) is 0 Å². The Morgan fingerprint density at radius 2 is 2.09 bits per heavy atom. The second-order valence-corrected chi connectivity index (χ2v) is 3.33. The molecule has 0 aliphatic heterocycles. The van der Waals surface area contributed by atoms with E-state index in [1.807, 2.05) is 0 Å². The molecule has 0 amide bonds. The normalized spacial score (nSPS) is 12.6. The topological polar surface area (TPSA) is 20.2 Å². The van der Waals surface area contributed by atoms with Gasteiger partial charge in [-0.15, -0.1) is 0 Å². The van der Waals surface area contributed by atoms with E-state index in [4.69, 9.17) is 5.11 Å². The van der Waals surface area contributed by atoms with Crippen molar-refractivity contribution in [1.29, 1.82) is 0 Å². The first-order valence-electron chi connectivity index (χ1n) is 4.51. The van der Waals surface area contributed by atoms with Gasteiger partial charge >= 0.3 is 0 Å². The zero-order valence-electron chi connectivity index (χ0n) is 7.93. The third-order valence-corrected chi connectivity index (χ3v) is 1.62. The molecule has 0 aliphatic rings. The van der Waals surface area contributed by atoms with Gasteiger partial charge in [-0.05, 0) is 24.3 Å². The first-order chi connectivity index (χ1) is 5.20. The van der Waals surface area contributed by atoms with Gasteiger partial charge in [0.1, 0.15) is 0 Å². The van der Waals surface area contributed by atoms with Crippen molar-refractivity contribution in [2.24, 2.45) is 5.92 Å². The van der Waals surface area contributed by atoms with Crippen molar-refractivity contribution in [3.63, 3.8) is 0 Å². The summed E-state index contributed by atoms with van der Waals surface area (Å²) in [5.74, 6) is 0.564. The van der Waals surface area contributed by atoms with Gasteiger partial charge in [-0.1, -0.05) is 33.3 Å². The van der Waals surface area contributed by atoms with E-state index in [9.17, 15) is 0 Å². The number of aliphatic hydroxyl groups is 1. The molecule has 0 fully saturated rings. The molecule has 11 heavy (non-hydrogen) atoms. The highest BCUT2D eigenvalue weighted by Crippen LogP contribution is 2.09. The maximum atomic E-state index is 8.93. The minimum Gasteiger partial charge on any atom is -0.392 e. The van der Waals surface area contributed by atoms with E-state index >= 15 is 0 Å². The first kappa shape index (κ1) is 10.7. The van der Waals surface area contributed by atoms with Crippen LogP contribution in [0.25, 0.3) is 0 Å². The molecule has 0 atom stereocenters. The first-order valence-corrected chi connectivity index (χ1v) is 4.51. The summed E-state index contributed by atoms with van der Waals surface area (Å²) in [5, 5.41) is 8.93. The van der Waals surface area contributed by atoms with Gasteiger partial charge in [-0.25, -0.2) is 0 Å². The second-order valence-electron chi connectivity index (χ2n) is 3.33. The van der Waals surface area contributed by atoms with Crippen LogP contribution >= 0.6 is 0 Å². The van der Waals surface area contributed by atoms with E-state index in [1.54, 1.807) is 0 Å². The minimum absolute atomic E-state index is 0.234. The summed E-state index contributed by atoms with van der Waals surface area (Å²) >= 11 is 0. The van der Waals surface area contributed by atoms with E-state index in [0.717, 1.165) is 6.42 Å². The quantitative estimate of drug-likeness (QED) is 0.607. The van der Waals surface area contributed by atoms with Gasteiger partial charge in [0.25, 0.3) is 0 Å². The predicted molar refractivity (Wildman–Crippen MR) is 49.5 cm³/mol.